The third-order valence-corrected chi connectivity index (χ3v) is 2.30. The summed E-state index contributed by atoms with van der Waals surface area (Å²) in [7, 11) is 0. The maximum Gasteiger partial charge on any atom is 0.369 e. The van der Waals surface area contributed by atoms with Crippen LogP contribution in [0.25, 0.3) is 6.08 Å². The Kier molecular flexibility index (Phi) is 5.94. The number of benzene rings is 1. The molecule has 0 heterocycles. The predicted octanol–water partition coefficient (Wildman–Crippen LogP) is 3.07. The highest BCUT2D eigenvalue weighted by atomic mass is 17.2. The molecule has 0 aromatic heterocycles. The number of carbonyl (C=O) groups is 1. The van der Waals surface area contributed by atoms with E-state index in [4.69, 9.17) is 0 Å². The van der Waals surface area contributed by atoms with Crippen molar-refractivity contribution >= 4 is 12.0 Å². The molecule has 98 valence electrons. The summed E-state index contributed by atoms with van der Waals surface area (Å²) in [6.45, 7) is 4.01. The van der Waals surface area contributed by atoms with Crippen molar-refractivity contribution in [3.05, 3.63) is 35.4 Å². The van der Waals surface area contributed by atoms with Crippen molar-refractivity contribution in [2.24, 2.45) is 0 Å². The lowest BCUT2D eigenvalue weighted by atomic mass is 10.1. The number of para-hydroxylation sites is 1. The van der Waals surface area contributed by atoms with Gasteiger partial charge >= 0.3 is 5.97 Å². The van der Waals surface area contributed by atoms with Crippen LogP contribution >= 0.6 is 0 Å². The Balaban J connectivity index is 2.90. The molecule has 1 N–H and O–H groups in total. The minimum Gasteiger partial charge on any atom is -0.507 e. The molecule has 0 atom stereocenters. The number of aromatic hydroxyl groups is 1. The summed E-state index contributed by atoms with van der Waals surface area (Å²) in [5.41, 5.74) is 1.07. The lowest BCUT2D eigenvalue weighted by molar-refractivity contribution is -0.265. The fourth-order valence-electron chi connectivity index (χ4n) is 1.47. The van der Waals surface area contributed by atoms with Gasteiger partial charge in [-0.2, -0.15) is 4.89 Å². The lowest BCUT2D eigenvalue weighted by Gasteiger charge is -2.06. The van der Waals surface area contributed by atoms with E-state index in [1.54, 1.807) is 37.3 Å². The SMILES string of the molecule is CCCC(=Cc1ccccc1O)C(=O)OOCC. The van der Waals surface area contributed by atoms with Crippen molar-refractivity contribution in [2.45, 2.75) is 26.7 Å². The minimum absolute atomic E-state index is 0.135. The molecule has 0 aliphatic rings. The molecule has 0 aliphatic heterocycles. The van der Waals surface area contributed by atoms with Crippen molar-refractivity contribution in [1.82, 2.24) is 0 Å². The first-order chi connectivity index (χ1) is 8.69. The molecule has 4 nitrogen and oxygen atoms in total. The van der Waals surface area contributed by atoms with Crippen LogP contribution in [-0.2, 0) is 14.6 Å². The summed E-state index contributed by atoms with van der Waals surface area (Å²) in [5.74, 6) is -0.378. The molecule has 18 heavy (non-hydrogen) atoms. The van der Waals surface area contributed by atoms with Crippen molar-refractivity contribution in [1.29, 1.82) is 0 Å². The molecular formula is C14H18O4. The Bertz CT molecular complexity index is 424. The van der Waals surface area contributed by atoms with E-state index in [9.17, 15) is 9.90 Å². The zero-order valence-corrected chi connectivity index (χ0v) is 10.7. The average molecular weight is 250 g/mol. The van der Waals surface area contributed by atoms with Crippen LogP contribution in [0.5, 0.6) is 5.75 Å². The standard InChI is InChI=1S/C14H18O4/c1-3-7-12(14(16)18-17-4-2)10-11-8-5-6-9-13(11)15/h5-6,8-10,15H,3-4,7H2,1-2H3. The van der Waals surface area contributed by atoms with Crippen molar-refractivity contribution in [3.63, 3.8) is 0 Å². The van der Waals surface area contributed by atoms with Crippen molar-refractivity contribution in [2.75, 3.05) is 6.61 Å². The van der Waals surface area contributed by atoms with E-state index in [0.29, 0.717) is 24.2 Å². The minimum atomic E-state index is -0.512. The average Bonchev–Trinajstić information content (AvgIpc) is 2.38. The van der Waals surface area contributed by atoms with Gasteiger partial charge in [0.15, 0.2) is 0 Å². The number of rotatable bonds is 6. The highest BCUT2D eigenvalue weighted by Crippen LogP contribution is 2.21. The van der Waals surface area contributed by atoms with Gasteiger partial charge in [0, 0.05) is 11.1 Å². The van der Waals surface area contributed by atoms with Gasteiger partial charge in [-0.25, -0.2) is 4.79 Å². The van der Waals surface area contributed by atoms with Gasteiger partial charge in [-0.3, -0.25) is 4.89 Å². The summed E-state index contributed by atoms with van der Waals surface area (Å²) >= 11 is 0. The summed E-state index contributed by atoms with van der Waals surface area (Å²) in [6, 6.07) is 6.83. The molecule has 4 heteroatoms. The third kappa shape index (κ3) is 4.22. The molecule has 0 fully saturated rings. The first kappa shape index (κ1) is 14.3. The highest BCUT2D eigenvalue weighted by Gasteiger charge is 2.12. The van der Waals surface area contributed by atoms with Crippen LogP contribution in [0.15, 0.2) is 29.8 Å². The van der Waals surface area contributed by atoms with E-state index in [0.717, 1.165) is 6.42 Å². The fraction of sp³-hybridized carbons (Fsp3) is 0.357. The molecule has 1 aromatic carbocycles. The molecule has 0 unspecified atom stereocenters. The van der Waals surface area contributed by atoms with Gasteiger partial charge in [-0.15, -0.1) is 0 Å². The molecule has 0 amide bonds. The molecule has 0 bridgehead atoms. The summed E-state index contributed by atoms with van der Waals surface area (Å²) in [5, 5.41) is 9.66. The highest BCUT2D eigenvalue weighted by molar-refractivity contribution is 5.93. The van der Waals surface area contributed by atoms with Crippen LogP contribution in [0, 0.1) is 0 Å². The molecule has 0 spiro atoms. The second kappa shape index (κ2) is 7.50. The maximum atomic E-state index is 11.7. The number of phenols is 1. The number of carbonyl (C=O) groups excluding carboxylic acids is 1. The van der Waals surface area contributed by atoms with Gasteiger partial charge in [-0.05, 0) is 25.5 Å². The molecule has 0 radical (unpaired) electrons. The van der Waals surface area contributed by atoms with Gasteiger partial charge in [0.25, 0.3) is 0 Å². The Morgan fingerprint density at radius 1 is 1.33 bits per heavy atom. The van der Waals surface area contributed by atoms with E-state index in [2.05, 4.69) is 9.78 Å². The lowest BCUT2D eigenvalue weighted by Crippen LogP contribution is -2.08. The summed E-state index contributed by atoms with van der Waals surface area (Å²) < 4.78 is 0. The number of hydrogen-bond donors (Lipinski definition) is 1. The largest absolute Gasteiger partial charge is 0.507 e. The Morgan fingerprint density at radius 3 is 2.67 bits per heavy atom. The Labute approximate surface area is 107 Å². The maximum absolute atomic E-state index is 11.7. The zero-order chi connectivity index (χ0) is 13.4. The summed E-state index contributed by atoms with van der Waals surface area (Å²) in [6.07, 6.45) is 3.00. The molecule has 0 aliphatic carbocycles. The second-order valence-corrected chi connectivity index (χ2v) is 3.76. The molecule has 0 saturated carbocycles. The molecule has 1 aromatic rings. The van der Waals surface area contributed by atoms with Crippen molar-refractivity contribution < 1.29 is 19.7 Å². The normalized spacial score (nSPS) is 11.3. The predicted molar refractivity (Wildman–Crippen MR) is 68.7 cm³/mol. The Hall–Kier alpha value is -1.81. The number of phenolic OH excluding ortho intramolecular Hbond substituents is 1. The van der Waals surface area contributed by atoms with Crippen LogP contribution in [0.1, 0.15) is 32.3 Å². The van der Waals surface area contributed by atoms with Gasteiger partial charge in [-0.1, -0.05) is 31.5 Å². The third-order valence-electron chi connectivity index (χ3n) is 2.30. The van der Waals surface area contributed by atoms with E-state index < -0.39 is 5.97 Å². The smallest absolute Gasteiger partial charge is 0.369 e. The topological polar surface area (TPSA) is 55.8 Å². The second-order valence-electron chi connectivity index (χ2n) is 3.76. The van der Waals surface area contributed by atoms with Crippen LogP contribution in [-0.4, -0.2) is 17.7 Å². The van der Waals surface area contributed by atoms with Crippen LogP contribution < -0.4 is 0 Å². The van der Waals surface area contributed by atoms with Gasteiger partial charge in [0.2, 0.25) is 0 Å². The monoisotopic (exact) mass is 250 g/mol. The van der Waals surface area contributed by atoms with E-state index in [1.807, 2.05) is 6.92 Å². The quantitative estimate of drug-likeness (QED) is 0.479. The van der Waals surface area contributed by atoms with Crippen LogP contribution in [0.3, 0.4) is 0 Å². The Morgan fingerprint density at radius 2 is 2.06 bits per heavy atom. The fourth-order valence-corrected chi connectivity index (χ4v) is 1.47. The van der Waals surface area contributed by atoms with E-state index in [1.165, 1.54) is 0 Å². The first-order valence-electron chi connectivity index (χ1n) is 6.01. The first-order valence-corrected chi connectivity index (χ1v) is 6.01. The van der Waals surface area contributed by atoms with Gasteiger partial charge < -0.3 is 5.11 Å². The summed E-state index contributed by atoms with van der Waals surface area (Å²) in [4.78, 5) is 21.0. The molecular weight excluding hydrogens is 232 g/mol. The van der Waals surface area contributed by atoms with Crippen LogP contribution in [0.2, 0.25) is 0 Å². The van der Waals surface area contributed by atoms with Gasteiger partial charge in [0.05, 0.1) is 6.61 Å². The van der Waals surface area contributed by atoms with E-state index >= 15 is 0 Å². The zero-order valence-electron chi connectivity index (χ0n) is 10.7. The van der Waals surface area contributed by atoms with E-state index in [-0.39, 0.29) is 5.75 Å². The molecule has 0 saturated heterocycles. The van der Waals surface area contributed by atoms with Gasteiger partial charge in [0.1, 0.15) is 5.75 Å². The molecule has 1 rings (SSSR count). The van der Waals surface area contributed by atoms with Crippen LogP contribution in [0.4, 0.5) is 0 Å². The number of hydrogen-bond acceptors (Lipinski definition) is 4. The van der Waals surface area contributed by atoms with Crippen molar-refractivity contribution in [3.8, 4) is 5.75 Å².